The number of rotatable bonds is 10. The van der Waals surface area contributed by atoms with Gasteiger partial charge in [0, 0.05) is 18.9 Å². The number of carbonyl (C=O) groups is 2. The minimum atomic E-state index is -1.13. The van der Waals surface area contributed by atoms with Gasteiger partial charge in [0.25, 0.3) is 0 Å². The molecule has 1 aliphatic rings. The molecule has 0 atom stereocenters. The van der Waals surface area contributed by atoms with E-state index in [2.05, 4.69) is 10.3 Å². The van der Waals surface area contributed by atoms with Gasteiger partial charge in [-0.25, -0.2) is 9.18 Å². The van der Waals surface area contributed by atoms with Gasteiger partial charge >= 0.3 is 5.97 Å². The van der Waals surface area contributed by atoms with E-state index in [-0.39, 0.29) is 18.1 Å². The highest BCUT2D eigenvalue weighted by Gasteiger charge is 2.26. The van der Waals surface area contributed by atoms with Crippen molar-refractivity contribution in [2.75, 3.05) is 20.8 Å². The molecule has 4 rings (SSSR count). The molecule has 1 amide bonds. The zero-order chi connectivity index (χ0) is 27.2. The maximum atomic E-state index is 14.3. The molecule has 0 bridgehead atoms. The summed E-state index contributed by atoms with van der Waals surface area (Å²) >= 11 is 0. The average Bonchev–Trinajstić information content (AvgIpc) is 3.16. The number of methoxy groups -OCH3 is 2. The lowest BCUT2D eigenvalue weighted by Crippen LogP contribution is -2.22. The number of fused-ring (bicyclic) bond motifs is 1. The molecule has 196 valence electrons. The summed E-state index contributed by atoms with van der Waals surface area (Å²) < 4.78 is 30.5. The molecule has 2 N–H and O–H groups in total. The van der Waals surface area contributed by atoms with E-state index in [4.69, 9.17) is 19.3 Å². The van der Waals surface area contributed by atoms with Gasteiger partial charge in [0.15, 0.2) is 18.1 Å². The zero-order valence-corrected chi connectivity index (χ0v) is 21.2. The number of amides is 1. The van der Waals surface area contributed by atoms with E-state index < -0.39 is 18.4 Å². The maximum absolute atomic E-state index is 14.3. The SMILES string of the molecule is COc1cc(C=C2C(C)=C(CC(=O)NCc3cccnc3)c3cc(F)ccc32)cc(OC)c1OCC(=O)O. The minimum Gasteiger partial charge on any atom is -0.493 e. The van der Waals surface area contributed by atoms with Crippen molar-refractivity contribution in [3.05, 3.63) is 88.5 Å². The Hall–Kier alpha value is -4.66. The van der Waals surface area contributed by atoms with Crippen molar-refractivity contribution in [3.8, 4) is 17.2 Å². The molecule has 1 heterocycles. The fraction of sp³-hybridized carbons (Fsp3) is 0.207. The summed E-state index contributed by atoms with van der Waals surface area (Å²) in [6.07, 6.45) is 5.32. The van der Waals surface area contributed by atoms with Crippen molar-refractivity contribution < 1.29 is 33.3 Å². The third-order valence-corrected chi connectivity index (χ3v) is 6.14. The molecule has 0 unspecified atom stereocenters. The Labute approximate surface area is 219 Å². The van der Waals surface area contributed by atoms with Crippen LogP contribution in [0.2, 0.25) is 0 Å². The molecule has 8 nitrogen and oxygen atoms in total. The number of aromatic nitrogens is 1. The summed E-state index contributed by atoms with van der Waals surface area (Å²) in [4.78, 5) is 27.9. The molecule has 1 aliphatic carbocycles. The maximum Gasteiger partial charge on any atom is 0.341 e. The summed E-state index contributed by atoms with van der Waals surface area (Å²) in [5, 5.41) is 11.9. The molecule has 0 radical (unpaired) electrons. The molecule has 9 heteroatoms. The zero-order valence-electron chi connectivity index (χ0n) is 21.2. The van der Waals surface area contributed by atoms with Crippen LogP contribution in [0.15, 0.2) is 60.4 Å². The van der Waals surface area contributed by atoms with E-state index in [1.165, 1.54) is 26.4 Å². The van der Waals surface area contributed by atoms with Crippen LogP contribution in [0, 0.1) is 5.82 Å². The van der Waals surface area contributed by atoms with Gasteiger partial charge in [0.2, 0.25) is 11.7 Å². The van der Waals surface area contributed by atoms with Crippen LogP contribution in [-0.4, -0.2) is 42.8 Å². The predicted molar refractivity (Wildman–Crippen MR) is 140 cm³/mol. The number of carbonyl (C=O) groups excluding carboxylic acids is 1. The molecule has 38 heavy (non-hydrogen) atoms. The van der Waals surface area contributed by atoms with Crippen LogP contribution >= 0.6 is 0 Å². The second-order valence-corrected chi connectivity index (χ2v) is 8.60. The molecule has 0 saturated carbocycles. The van der Waals surface area contributed by atoms with Gasteiger partial charge in [0.05, 0.1) is 20.6 Å². The summed E-state index contributed by atoms with van der Waals surface area (Å²) in [6, 6.07) is 11.6. The Morgan fingerprint density at radius 1 is 1.08 bits per heavy atom. The van der Waals surface area contributed by atoms with Crippen molar-refractivity contribution >= 4 is 29.1 Å². The average molecular weight is 519 g/mol. The first-order valence-corrected chi connectivity index (χ1v) is 11.8. The Kier molecular flexibility index (Phi) is 8.06. The van der Waals surface area contributed by atoms with Gasteiger partial charge in [-0.3, -0.25) is 9.78 Å². The van der Waals surface area contributed by atoms with E-state index in [1.807, 2.05) is 19.1 Å². The van der Waals surface area contributed by atoms with E-state index in [9.17, 15) is 14.0 Å². The highest BCUT2D eigenvalue weighted by molar-refractivity contribution is 6.08. The van der Waals surface area contributed by atoms with E-state index in [1.54, 1.807) is 36.7 Å². The van der Waals surface area contributed by atoms with E-state index in [0.717, 1.165) is 27.8 Å². The fourth-order valence-electron chi connectivity index (χ4n) is 4.33. The van der Waals surface area contributed by atoms with Crippen molar-refractivity contribution in [1.29, 1.82) is 0 Å². The molecule has 0 fully saturated rings. The number of halogens is 1. The van der Waals surface area contributed by atoms with Crippen molar-refractivity contribution in [2.24, 2.45) is 0 Å². The van der Waals surface area contributed by atoms with Crippen molar-refractivity contribution in [2.45, 2.75) is 19.9 Å². The highest BCUT2D eigenvalue weighted by atomic mass is 19.1. The normalized spacial score (nSPS) is 13.3. The van der Waals surface area contributed by atoms with Crippen molar-refractivity contribution in [1.82, 2.24) is 10.3 Å². The number of allylic oxidation sites excluding steroid dienone is 2. The van der Waals surface area contributed by atoms with E-state index in [0.29, 0.717) is 29.2 Å². The lowest BCUT2D eigenvalue weighted by molar-refractivity contribution is -0.139. The third kappa shape index (κ3) is 5.83. The summed E-state index contributed by atoms with van der Waals surface area (Å²) in [5.41, 5.74) is 5.41. The number of ether oxygens (including phenoxy) is 3. The number of carboxylic acid groups (broad SMARTS) is 1. The number of hydrogen-bond acceptors (Lipinski definition) is 6. The standard InChI is InChI=1S/C29H27FN2O6/c1-17-22(9-19-10-25(36-2)29(26(11-19)37-3)38-16-28(34)35)21-7-6-20(30)12-24(21)23(17)13-27(33)32-15-18-5-4-8-31-14-18/h4-12,14H,13,15-16H2,1-3H3,(H,32,33)(H,34,35). The summed E-state index contributed by atoms with van der Waals surface area (Å²) in [7, 11) is 2.89. The predicted octanol–water partition coefficient (Wildman–Crippen LogP) is 4.74. The van der Waals surface area contributed by atoms with Gasteiger partial charge in [0.1, 0.15) is 5.82 Å². The second-order valence-electron chi connectivity index (χ2n) is 8.60. The molecule has 3 aromatic rings. The number of benzene rings is 2. The molecular formula is C29H27FN2O6. The Morgan fingerprint density at radius 3 is 2.45 bits per heavy atom. The van der Waals surface area contributed by atoms with Crippen LogP contribution in [0.4, 0.5) is 4.39 Å². The monoisotopic (exact) mass is 518 g/mol. The molecule has 0 spiro atoms. The van der Waals surface area contributed by atoms with Gasteiger partial charge in [-0.15, -0.1) is 0 Å². The van der Waals surface area contributed by atoms with Crippen LogP contribution in [-0.2, 0) is 16.1 Å². The number of hydrogen-bond donors (Lipinski definition) is 2. The van der Waals surface area contributed by atoms with E-state index >= 15 is 0 Å². The Morgan fingerprint density at radius 2 is 1.82 bits per heavy atom. The smallest absolute Gasteiger partial charge is 0.341 e. The molecule has 2 aromatic carbocycles. The van der Waals surface area contributed by atoms with Gasteiger partial charge in [-0.05, 0) is 82.3 Å². The fourth-order valence-corrected chi connectivity index (χ4v) is 4.33. The van der Waals surface area contributed by atoms with Crippen LogP contribution in [0.5, 0.6) is 17.2 Å². The van der Waals surface area contributed by atoms with Gasteiger partial charge < -0.3 is 24.6 Å². The topological polar surface area (TPSA) is 107 Å². The summed E-state index contributed by atoms with van der Waals surface area (Å²) in [5.74, 6) is -0.949. The highest BCUT2D eigenvalue weighted by Crippen LogP contribution is 2.45. The van der Waals surface area contributed by atoms with Crippen LogP contribution in [0.1, 0.15) is 35.6 Å². The molecular weight excluding hydrogens is 491 g/mol. The van der Waals surface area contributed by atoms with Crippen LogP contribution in [0.3, 0.4) is 0 Å². The number of aliphatic carboxylic acids is 1. The van der Waals surface area contributed by atoms with Gasteiger partial charge in [-0.2, -0.15) is 0 Å². The Bertz CT molecular complexity index is 1410. The van der Waals surface area contributed by atoms with Crippen molar-refractivity contribution in [3.63, 3.8) is 0 Å². The Balaban J connectivity index is 1.68. The first kappa shape index (κ1) is 26.4. The number of pyridine rings is 1. The van der Waals surface area contributed by atoms with Gasteiger partial charge in [-0.1, -0.05) is 12.1 Å². The molecule has 0 aliphatic heterocycles. The molecule has 1 aromatic heterocycles. The molecule has 0 saturated heterocycles. The van der Waals surface area contributed by atoms with Crippen LogP contribution in [0.25, 0.3) is 17.2 Å². The lowest BCUT2D eigenvalue weighted by atomic mass is 10.00. The quantitative estimate of drug-likeness (QED) is 0.399. The van der Waals surface area contributed by atoms with Crippen LogP contribution < -0.4 is 19.5 Å². The largest absolute Gasteiger partial charge is 0.493 e. The number of nitrogens with one attached hydrogen (secondary N) is 1. The number of nitrogens with zero attached hydrogens (tertiary/aromatic N) is 1. The second kappa shape index (κ2) is 11.6. The third-order valence-electron chi connectivity index (χ3n) is 6.14. The first-order valence-electron chi connectivity index (χ1n) is 11.8. The number of carboxylic acids is 1. The lowest BCUT2D eigenvalue weighted by Gasteiger charge is -2.15. The first-order chi connectivity index (χ1) is 18.3. The summed E-state index contributed by atoms with van der Waals surface area (Å²) in [6.45, 7) is 1.68. The minimum absolute atomic E-state index is 0.0779.